The molecule has 4 aromatic rings. The number of amides is 1. The number of nitrogens with zero attached hydrogens (tertiary/aromatic N) is 4. The lowest BCUT2D eigenvalue weighted by atomic mass is 10.1. The molecule has 2 atom stereocenters. The molecule has 1 aliphatic heterocycles. The standard InChI is InChI=1S/C23H22FN5O/c1-15-10-16(14-29(15)23(30)17-2-4-19(24)5-3-17)13-28-9-8-21-22(28)7-6-20(27-21)18-11-25-26-12-18/h2-9,11-12,15-16H,10,13-14H2,1H3,(H,25,26)/t15-,16+/m1/s1. The number of rotatable bonds is 4. The maximum atomic E-state index is 13.2. The van der Waals surface area contributed by atoms with Crippen LogP contribution < -0.4 is 0 Å². The molecule has 5 rings (SSSR count). The van der Waals surface area contributed by atoms with E-state index in [-0.39, 0.29) is 17.8 Å². The minimum atomic E-state index is -0.331. The molecule has 0 radical (unpaired) electrons. The van der Waals surface area contributed by atoms with Gasteiger partial charge in [0.15, 0.2) is 0 Å². The maximum Gasteiger partial charge on any atom is 0.254 e. The topological polar surface area (TPSA) is 66.8 Å². The molecule has 0 spiro atoms. The van der Waals surface area contributed by atoms with E-state index in [1.165, 1.54) is 12.1 Å². The van der Waals surface area contributed by atoms with E-state index in [2.05, 4.69) is 34.0 Å². The molecule has 6 nitrogen and oxygen atoms in total. The number of aromatic nitrogens is 4. The van der Waals surface area contributed by atoms with Crippen LogP contribution in [0.15, 0.2) is 61.1 Å². The second-order valence-electron chi connectivity index (χ2n) is 7.97. The molecule has 0 saturated carbocycles. The van der Waals surface area contributed by atoms with Gasteiger partial charge in [-0.3, -0.25) is 9.89 Å². The first-order chi connectivity index (χ1) is 14.6. The van der Waals surface area contributed by atoms with Crippen LogP contribution >= 0.6 is 0 Å². The molecule has 1 N–H and O–H groups in total. The van der Waals surface area contributed by atoms with Crippen molar-refractivity contribution in [3.05, 3.63) is 72.4 Å². The zero-order chi connectivity index (χ0) is 20.7. The van der Waals surface area contributed by atoms with E-state index in [0.29, 0.717) is 18.0 Å². The van der Waals surface area contributed by atoms with Crippen molar-refractivity contribution in [3.8, 4) is 11.3 Å². The lowest BCUT2D eigenvalue weighted by Gasteiger charge is -2.21. The Balaban J connectivity index is 1.32. The number of carbonyl (C=O) groups excluding carboxylic acids is 1. The Morgan fingerprint density at radius 3 is 2.80 bits per heavy atom. The van der Waals surface area contributed by atoms with Crippen LogP contribution in [0.4, 0.5) is 4.39 Å². The van der Waals surface area contributed by atoms with Crippen molar-refractivity contribution in [2.24, 2.45) is 5.92 Å². The number of aromatic amines is 1. The SMILES string of the molecule is C[C@@H]1C[C@@H](Cn2ccc3nc(-c4cn[nH]c4)ccc32)CN1C(=O)c1ccc(F)cc1. The largest absolute Gasteiger partial charge is 0.346 e. The fourth-order valence-electron chi connectivity index (χ4n) is 4.38. The van der Waals surface area contributed by atoms with Crippen LogP contribution in [0.2, 0.25) is 0 Å². The summed E-state index contributed by atoms with van der Waals surface area (Å²) in [6.45, 7) is 3.60. The molecule has 0 bridgehead atoms. The summed E-state index contributed by atoms with van der Waals surface area (Å²) in [6.07, 6.45) is 6.59. The van der Waals surface area contributed by atoms with Gasteiger partial charge in [-0.15, -0.1) is 0 Å². The van der Waals surface area contributed by atoms with E-state index in [9.17, 15) is 9.18 Å². The minimum Gasteiger partial charge on any atom is -0.346 e. The number of likely N-dealkylation sites (tertiary alicyclic amines) is 1. The maximum absolute atomic E-state index is 13.2. The Morgan fingerprint density at radius 1 is 1.20 bits per heavy atom. The second-order valence-corrected chi connectivity index (χ2v) is 7.97. The molecule has 7 heteroatoms. The van der Waals surface area contributed by atoms with Crippen LogP contribution in [-0.4, -0.2) is 43.1 Å². The summed E-state index contributed by atoms with van der Waals surface area (Å²) in [4.78, 5) is 19.5. The van der Waals surface area contributed by atoms with Gasteiger partial charge in [-0.05, 0) is 61.7 Å². The molecular weight excluding hydrogens is 381 g/mol. The number of hydrogen-bond acceptors (Lipinski definition) is 3. The molecule has 3 aromatic heterocycles. The number of carbonyl (C=O) groups is 1. The zero-order valence-corrected chi connectivity index (χ0v) is 16.6. The van der Waals surface area contributed by atoms with Crippen molar-refractivity contribution in [1.82, 2.24) is 24.6 Å². The van der Waals surface area contributed by atoms with E-state index in [1.807, 2.05) is 23.2 Å². The molecule has 30 heavy (non-hydrogen) atoms. The molecule has 1 amide bonds. The van der Waals surface area contributed by atoms with Gasteiger partial charge in [0.2, 0.25) is 0 Å². The van der Waals surface area contributed by atoms with Gasteiger partial charge >= 0.3 is 0 Å². The van der Waals surface area contributed by atoms with Crippen molar-refractivity contribution < 1.29 is 9.18 Å². The minimum absolute atomic E-state index is 0.0335. The van der Waals surface area contributed by atoms with E-state index >= 15 is 0 Å². The first-order valence-corrected chi connectivity index (χ1v) is 10.1. The zero-order valence-electron chi connectivity index (χ0n) is 16.6. The summed E-state index contributed by atoms with van der Waals surface area (Å²) in [6, 6.07) is 12.1. The normalized spacial score (nSPS) is 18.9. The lowest BCUT2D eigenvalue weighted by molar-refractivity contribution is 0.0742. The van der Waals surface area contributed by atoms with Gasteiger partial charge in [0.1, 0.15) is 5.82 Å². The number of nitrogens with one attached hydrogen (secondary N) is 1. The fourth-order valence-corrected chi connectivity index (χ4v) is 4.38. The van der Waals surface area contributed by atoms with Gasteiger partial charge in [-0.2, -0.15) is 5.10 Å². The van der Waals surface area contributed by atoms with Crippen molar-refractivity contribution in [3.63, 3.8) is 0 Å². The Hall–Kier alpha value is -3.48. The molecule has 4 heterocycles. The highest BCUT2D eigenvalue weighted by Crippen LogP contribution is 2.28. The van der Waals surface area contributed by atoms with Gasteiger partial charge in [0.25, 0.3) is 5.91 Å². The first kappa shape index (κ1) is 18.5. The van der Waals surface area contributed by atoms with E-state index < -0.39 is 0 Å². The molecular formula is C23H22FN5O. The Bertz CT molecular complexity index is 1180. The Labute approximate surface area is 173 Å². The molecule has 1 saturated heterocycles. The highest BCUT2D eigenvalue weighted by molar-refractivity contribution is 5.94. The van der Waals surface area contributed by atoms with Crippen LogP contribution in [0.5, 0.6) is 0 Å². The van der Waals surface area contributed by atoms with Crippen LogP contribution in [0.1, 0.15) is 23.7 Å². The first-order valence-electron chi connectivity index (χ1n) is 10.1. The number of halogens is 1. The van der Waals surface area contributed by atoms with E-state index in [0.717, 1.165) is 35.3 Å². The Morgan fingerprint density at radius 2 is 2.03 bits per heavy atom. The number of fused-ring (bicyclic) bond motifs is 1. The van der Waals surface area contributed by atoms with Crippen molar-refractivity contribution in [2.45, 2.75) is 25.9 Å². The summed E-state index contributed by atoms with van der Waals surface area (Å²) < 4.78 is 15.4. The number of benzene rings is 1. The average molecular weight is 403 g/mol. The summed E-state index contributed by atoms with van der Waals surface area (Å²) in [5.41, 5.74) is 4.41. The number of hydrogen-bond donors (Lipinski definition) is 1. The quantitative estimate of drug-likeness (QED) is 0.557. The summed E-state index contributed by atoms with van der Waals surface area (Å²) >= 11 is 0. The smallest absolute Gasteiger partial charge is 0.254 e. The van der Waals surface area contributed by atoms with Crippen molar-refractivity contribution in [2.75, 3.05) is 6.54 Å². The molecule has 152 valence electrons. The third-order valence-corrected chi connectivity index (χ3v) is 5.89. The molecule has 1 aliphatic rings. The van der Waals surface area contributed by atoms with E-state index in [4.69, 9.17) is 4.98 Å². The second kappa shape index (κ2) is 7.40. The predicted octanol–water partition coefficient (Wildman–Crippen LogP) is 4.12. The number of H-pyrrole nitrogens is 1. The van der Waals surface area contributed by atoms with Gasteiger partial charge in [-0.25, -0.2) is 9.37 Å². The van der Waals surface area contributed by atoms with Gasteiger partial charge in [0, 0.05) is 42.7 Å². The van der Waals surface area contributed by atoms with Crippen molar-refractivity contribution >= 4 is 16.9 Å². The summed E-state index contributed by atoms with van der Waals surface area (Å²) in [5.74, 6) is -0.00903. The number of pyridine rings is 1. The molecule has 0 aliphatic carbocycles. The lowest BCUT2D eigenvalue weighted by Crippen LogP contribution is -2.34. The predicted molar refractivity (Wildman–Crippen MR) is 112 cm³/mol. The average Bonchev–Trinajstić information content (AvgIpc) is 3.49. The van der Waals surface area contributed by atoms with E-state index in [1.54, 1.807) is 18.3 Å². The summed E-state index contributed by atoms with van der Waals surface area (Å²) in [7, 11) is 0. The monoisotopic (exact) mass is 403 g/mol. The highest BCUT2D eigenvalue weighted by Gasteiger charge is 2.33. The third kappa shape index (κ3) is 3.36. The third-order valence-electron chi connectivity index (χ3n) is 5.89. The fraction of sp³-hybridized carbons (Fsp3) is 0.261. The van der Waals surface area contributed by atoms with Crippen LogP contribution in [-0.2, 0) is 6.54 Å². The van der Waals surface area contributed by atoms with Gasteiger partial charge in [0.05, 0.1) is 22.9 Å². The van der Waals surface area contributed by atoms with Crippen LogP contribution in [0.25, 0.3) is 22.3 Å². The van der Waals surface area contributed by atoms with Crippen LogP contribution in [0, 0.1) is 11.7 Å². The Kier molecular flexibility index (Phi) is 4.58. The molecule has 0 unspecified atom stereocenters. The van der Waals surface area contributed by atoms with Crippen LogP contribution in [0.3, 0.4) is 0 Å². The van der Waals surface area contributed by atoms with Gasteiger partial charge in [-0.1, -0.05) is 0 Å². The molecule has 1 fully saturated rings. The summed E-state index contributed by atoms with van der Waals surface area (Å²) in [5, 5.41) is 6.80. The highest BCUT2D eigenvalue weighted by atomic mass is 19.1. The molecule has 1 aromatic carbocycles. The van der Waals surface area contributed by atoms with Gasteiger partial charge < -0.3 is 9.47 Å². The van der Waals surface area contributed by atoms with Crippen molar-refractivity contribution in [1.29, 1.82) is 0 Å².